The molecule has 0 spiro atoms. The van der Waals surface area contributed by atoms with Gasteiger partial charge in [-0.25, -0.2) is 0 Å². The summed E-state index contributed by atoms with van der Waals surface area (Å²) < 4.78 is 0. The third kappa shape index (κ3) is 4.49. The zero-order chi connectivity index (χ0) is 14.4. The molecule has 0 aliphatic heterocycles. The predicted molar refractivity (Wildman–Crippen MR) is 88.4 cm³/mol. The average Bonchev–Trinajstić information content (AvgIpc) is 2.95. The van der Waals surface area contributed by atoms with E-state index in [9.17, 15) is 0 Å². The third-order valence-corrected chi connectivity index (χ3v) is 4.98. The molecule has 1 aromatic carbocycles. The van der Waals surface area contributed by atoms with Crippen LogP contribution in [0, 0.1) is 12.8 Å². The molecule has 1 aliphatic carbocycles. The maximum Gasteiger partial charge on any atom is 0.0438 e. The van der Waals surface area contributed by atoms with Crippen molar-refractivity contribution in [1.29, 1.82) is 0 Å². The molecule has 20 heavy (non-hydrogen) atoms. The van der Waals surface area contributed by atoms with E-state index in [1.165, 1.54) is 56.1 Å². The highest BCUT2D eigenvalue weighted by Crippen LogP contribution is 2.32. The number of benzene rings is 1. The molecule has 0 amide bonds. The monoisotopic (exact) mass is 293 g/mol. The summed E-state index contributed by atoms with van der Waals surface area (Å²) in [4.78, 5) is 0. The first-order valence-electron chi connectivity index (χ1n) is 8.20. The minimum atomic E-state index is 0.466. The summed E-state index contributed by atoms with van der Waals surface area (Å²) in [5.41, 5.74) is 2.52. The Labute approximate surface area is 129 Å². The average molecular weight is 294 g/mol. The molecule has 2 heteroatoms. The lowest BCUT2D eigenvalue weighted by molar-refractivity contribution is 0.412. The Kier molecular flexibility index (Phi) is 6.38. The second-order valence-corrected chi connectivity index (χ2v) is 6.65. The van der Waals surface area contributed by atoms with E-state index < -0.39 is 0 Å². The SMILES string of the molecule is CCCNC(CCC1CCCC1)c1ccc(C)c(Cl)c1. The quantitative estimate of drug-likeness (QED) is 0.684. The van der Waals surface area contributed by atoms with E-state index >= 15 is 0 Å². The van der Waals surface area contributed by atoms with E-state index in [4.69, 9.17) is 11.6 Å². The second-order valence-electron chi connectivity index (χ2n) is 6.24. The van der Waals surface area contributed by atoms with Gasteiger partial charge < -0.3 is 5.32 Å². The van der Waals surface area contributed by atoms with Gasteiger partial charge in [-0.3, -0.25) is 0 Å². The number of nitrogens with one attached hydrogen (secondary N) is 1. The van der Waals surface area contributed by atoms with E-state index in [0.29, 0.717) is 6.04 Å². The van der Waals surface area contributed by atoms with Crippen molar-refractivity contribution in [2.24, 2.45) is 5.92 Å². The largest absolute Gasteiger partial charge is 0.310 e. The van der Waals surface area contributed by atoms with Gasteiger partial charge >= 0.3 is 0 Å². The van der Waals surface area contributed by atoms with Gasteiger partial charge in [0.05, 0.1) is 0 Å². The molecule has 0 bridgehead atoms. The molecule has 1 N–H and O–H groups in total. The first-order valence-corrected chi connectivity index (χ1v) is 8.58. The van der Waals surface area contributed by atoms with Crippen molar-refractivity contribution in [2.45, 2.75) is 64.8 Å². The van der Waals surface area contributed by atoms with Crippen LogP contribution < -0.4 is 5.32 Å². The Hall–Kier alpha value is -0.530. The van der Waals surface area contributed by atoms with E-state index in [1.54, 1.807) is 0 Å². The van der Waals surface area contributed by atoms with Gasteiger partial charge in [0.1, 0.15) is 0 Å². The second kappa shape index (κ2) is 8.05. The van der Waals surface area contributed by atoms with E-state index in [0.717, 1.165) is 17.5 Å². The van der Waals surface area contributed by atoms with Gasteiger partial charge in [0.25, 0.3) is 0 Å². The van der Waals surface area contributed by atoms with Crippen LogP contribution in [-0.4, -0.2) is 6.54 Å². The Morgan fingerprint density at radius 3 is 2.70 bits per heavy atom. The summed E-state index contributed by atoms with van der Waals surface area (Å²) in [5.74, 6) is 0.960. The van der Waals surface area contributed by atoms with Crippen LogP contribution in [0.2, 0.25) is 5.02 Å². The van der Waals surface area contributed by atoms with Gasteiger partial charge in [-0.05, 0) is 55.8 Å². The summed E-state index contributed by atoms with van der Waals surface area (Å²) in [6.45, 7) is 5.38. The predicted octanol–water partition coefficient (Wildman–Crippen LogP) is 5.66. The molecule has 0 heterocycles. The van der Waals surface area contributed by atoms with E-state index in [2.05, 4.69) is 37.4 Å². The van der Waals surface area contributed by atoms with Crippen LogP contribution in [0.4, 0.5) is 0 Å². The number of halogens is 1. The highest BCUT2D eigenvalue weighted by molar-refractivity contribution is 6.31. The Balaban J connectivity index is 1.99. The lowest BCUT2D eigenvalue weighted by Gasteiger charge is -2.21. The lowest BCUT2D eigenvalue weighted by Crippen LogP contribution is -2.22. The molecule has 0 radical (unpaired) electrons. The van der Waals surface area contributed by atoms with Crippen molar-refractivity contribution in [3.05, 3.63) is 34.3 Å². The normalized spacial score (nSPS) is 17.6. The van der Waals surface area contributed by atoms with Crippen LogP contribution in [0.25, 0.3) is 0 Å². The molecular formula is C18H28ClN. The summed E-state index contributed by atoms with van der Waals surface area (Å²) in [5, 5.41) is 4.59. The molecule has 1 aliphatic rings. The van der Waals surface area contributed by atoms with Crippen LogP contribution in [0.15, 0.2) is 18.2 Å². The van der Waals surface area contributed by atoms with E-state index in [1.807, 2.05) is 0 Å². The molecule has 0 aromatic heterocycles. The molecule has 112 valence electrons. The first kappa shape index (κ1) is 15.9. The standard InChI is InChI=1S/C18H28ClN/c1-3-12-20-18(11-9-15-6-4-5-7-15)16-10-8-14(2)17(19)13-16/h8,10,13,15,18,20H,3-7,9,11-12H2,1-2H3. The van der Waals surface area contributed by atoms with Crippen molar-refractivity contribution >= 4 is 11.6 Å². The topological polar surface area (TPSA) is 12.0 Å². The molecule has 1 nitrogen and oxygen atoms in total. The maximum atomic E-state index is 6.29. The summed E-state index contributed by atoms with van der Waals surface area (Å²) in [6, 6.07) is 7.00. The third-order valence-electron chi connectivity index (χ3n) is 4.58. The van der Waals surface area contributed by atoms with Crippen molar-refractivity contribution in [3.63, 3.8) is 0 Å². The van der Waals surface area contributed by atoms with E-state index in [-0.39, 0.29) is 0 Å². The van der Waals surface area contributed by atoms with Crippen LogP contribution in [0.1, 0.15) is 69.0 Å². The van der Waals surface area contributed by atoms with Gasteiger partial charge in [-0.15, -0.1) is 0 Å². The zero-order valence-electron chi connectivity index (χ0n) is 12.9. The number of hydrogen-bond acceptors (Lipinski definition) is 1. The number of rotatable bonds is 7. The smallest absolute Gasteiger partial charge is 0.0438 e. The van der Waals surface area contributed by atoms with Gasteiger partial charge in [-0.1, -0.05) is 56.3 Å². The van der Waals surface area contributed by atoms with Crippen molar-refractivity contribution < 1.29 is 0 Å². The summed E-state index contributed by atoms with van der Waals surface area (Å²) in [7, 11) is 0. The highest BCUT2D eigenvalue weighted by atomic mass is 35.5. The molecular weight excluding hydrogens is 266 g/mol. The van der Waals surface area contributed by atoms with Gasteiger partial charge in [0, 0.05) is 11.1 Å². The molecule has 1 aromatic rings. The van der Waals surface area contributed by atoms with Crippen LogP contribution in [-0.2, 0) is 0 Å². The molecule has 1 unspecified atom stereocenters. The fraction of sp³-hybridized carbons (Fsp3) is 0.667. The Morgan fingerprint density at radius 1 is 1.30 bits per heavy atom. The Bertz CT molecular complexity index is 410. The molecule has 0 saturated heterocycles. The highest BCUT2D eigenvalue weighted by Gasteiger charge is 2.18. The van der Waals surface area contributed by atoms with Crippen molar-refractivity contribution in [2.75, 3.05) is 6.54 Å². The fourth-order valence-electron chi connectivity index (χ4n) is 3.23. The minimum Gasteiger partial charge on any atom is -0.310 e. The van der Waals surface area contributed by atoms with Crippen LogP contribution in [0.3, 0.4) is 0 Å². The minimum absolute atomic E-state index is 0.466. The number of aryl methyl sites for hydroxylation is 1. The number of hydrogen-bond donors (Lipinski definition) is 1. The molecule has 1 fully saturated rings. The summed E-state index contributed by atoms with van der Waals surface area (Å²) >= 11 is 6.29. The van der Waals surface area contributed by atoms with Crippen molar-refractivity contribution in [3.8, 4) is 0 Å². The summed E-state index contributed by atoms with van der Waals surface area (Å²) in [6.07, 6.45) is 9.53. The maximum absolute atomic E-state index is 6.29. The Morgan fingerprint density at radius 2 is 2.05 bits per heavy atom. The van der Waals surface area contributed by atoms with Gasteiger partial charge in [0.15, 0.2) is 0 Å². The molecule has 2 rings (SSSR count). The van der Waals surface area contributed by atoms with Crippen LogP contribution in [0.5, 0.6) is 0 Å². The molecule has 1 atom stereocenters. The van der Waals surface area contributed by atoms with Gasteiger partial charge in [-0.2, -0.15) is 0 Å². The van der Waals surface area contributed by atoms with Gasteiger partial charge in [0.2, 0.25) is 0 Å². The van der Waals surface area contributed by atoms with Crippen LogP contribution >= 0.6 is 11.6 Å². The molecule has 1 saturated carbocycles. The first-order chi connectivity index (χ1) is 9.70. The van der Waals surface area contributed by atoms with Crippen molar-refractivity contribution in [1.82, 2.24) is 5.32 Å². The fourth-order valence-corrected chi connectivity index (χ4v) is 3.42. The lowest BCUT2D eigenvalue weighted by atomic mass is 9.94. The zero-order valence-corrected chi connectivity index (χ0v) is 13.7.